The first-order chi connectivity index (χ1) is 7.75. The van der Waals surface area contributed by atoms with Gasteiger partial charge in [0.25, 0.3) is 0 Å². The van der Waals surface area contributed by atoms with Crippen LogP contribution in [-0.4, -0.2) is 4.98 Å². The van der Waals surface area contributed by atoms with Crippen LogP contribution >= 0.6 is 22.6 Å². The molecule has 0 radical (unpaired) electrons. The summed E-state index contributed by atoms with van der Waals surface area (Å²) < 4.78 is 1.22. The molecule has 2 aromatic rings. The van der Waals surface area contributed by atoms with E-state index in [0.717, 1.165) is 6.42 Å². The number of pyridine rings is 1. The van der Waals surface area contributed by atoms with Crippen LogP contribution in [-0.2, 0) is 6.42 Å². The number of hydrogen-bond donors (Lipinski definition) is 1. The van der Waals surface area contributed by atoms with Gasteiger partial charge < -0.3 is 5.73 Å². The van der Waals surface area contributed by atoms with Crippen molar-refractivity contribution in [1.29, 1.82) is 0 Å². The minimum Gasteiger partial charge on any atom is -0.324 e. The highest BCUT2D eigenvalue weighted by Gasteiger charge is 2.06. The maximum atomic E-state index is 6.17. The molecule has 1 unspecified atom stereocenters. The summed E-state index contributed by atoms with van der Waals surface area (Å²) in [5.74, 6) is 0. The van der Waals surface area contributed by atoms with Crippen LogP contribution in [0.3, 0.4) is 0 Å². The predicted octanol–water partition coefficient (Wildman–Crippen LogP) is 2.93. The molecular weight excluding hydrogens is 311 g/mol. The van der Waals surface area contributed by atoms with Gasteiger partial charge in [0.1, 0.15) is 0 Å². The largest absolute Gasteiger partial charge is 0.324 e. The quantitative estimate of drug-likeness (QED) is 0.882. The molecule has 0 amide bonds. The highest BCUT2D eigenvalue weighted by molar-refractivity contribution is 14.1. The van der Waals surface area contributed by atoms with Gasteiger partial charge in [-0.3, -0.25) is 4.98 Å². The van der Waals surface area contributed by atoms with Crippen LogP contribution < -0.4 is 5.73 Å². The van der Waals surface area contributed by atoms with E-state index in [0.29, 0.717) is 0 Å². The van der Waals surface area contributed by atoms with Gasteiger partial charge in [0.05, 0.1) is 0 Å². The van der Waals surface area contributed by atoms with Gasteiger partial charge in [0.15, 0.2) is 0 Å². The van der Waals surface area contributed by atoms with Gasteiger partial charge in [-0.1, -0.05) is 12.1 Å². The third kappa shape index (κ3) is 3.02. The summed E-state index contributed by atoms with van der Waals surface area (Å²) in [5, 5.41) is 0. The van der Waals surface area contributed by atoms with E-state index >= 15 is 0 Å². The van der Waals surface area contributed by atoms with Crippen molar-refractivity contribution in [1.82, 2.24) is 4.98 Å². The summed E-state index contributed by atoms with van der Waals surface area (Å²) in [5.41, 5.74) is 8.58. The second-order valence-electron chi connectivity index (χ2n) is 3.72. The van der Waals surface area contributed by atoms with Crippen LogP contribution in [0.4, 0.5) is 0 Å². The van der Waals surface area contributed by atoms with Crippen molar-refractivity contribution in [2.45, 2.75) is 12.5 Å². The first kappa shape index (κ1) is 11.5. The highest BCUT2D eigenvalue weighted by atomic mass is 127. The maximum Gasteiger partial charge on any atom is 0.0336 e. The Morgan fingerprint density at radius 3 is 2.62 bits per heavy atom. The van der Waals surface area contributed by atoms with E-state index in [2.05, 4.69) is 45.8 Å². The lowest BCUT2D eigenvalue weighted by molar-refractivity contribution is 0.720. The zero-order chi connectivity index (χ0) is 11.4. The Bertz CT molecular complexity index is 456. The third-order valence-corrected chi connectivity index (χ3v) is 3.15. The highest BCUT2D eigenvalue weighted by Crippen LogP contribution is 2.17. The van der Waals surface area contributed by atoms with E-state index in [1.807, 2.05) is 18.2 Å². The number of hydrogen-bond acceptors (Lipinski definition) is 2. The number of rotatable bonds is 3. The Labute approximate surface area is 109 Å². The molecule has 0 aliphatic heterocycles. The van der Waals surface area contributed by atoms with Gasteiger partial charge in [-0.05, 0) is 64.4 Å². The molecule has 2 rings (SSSR count). The molecule has 0 spiro atoms. The summed E-state index contributed by atoms with van der Waals surface area (Å²) in [6, 6.07) is 12.4. The lowest BCUT2D eigenvalue weighted by Crippen LogP contribution is -2.13. The molecule has 0 saturated heterocycles. The molecule has 0 aliphatic rings. The Kier molecular flexibility index (Phi) is 3.90. The van der Waals surface area contributed by atoms with E-state index in [1.165, 1.54) is 14.7 Å². The van der Waals surface area contributed by atoms with Crippen LogP contribution in [0.2, 0.25) is 0 Å². The topological polar surface area (TPSA) is 38.9 Å². The van der Waals surface area contributed by atoms with Crippen LogP contribution in [0.5, 0.6) is 0 Å². The van der Waals surface area contributed by atoms with Gasteiger partial charge >= 0.3 is 0 Å². The molecule has 1 heterocycles. The van der Waals surface area contributed by atoms with Crippen molar-refractivity contribution in [2.75, 3.05) is 0 Å². The van der Waals surface area contributed by atoms with Crippen LogP contribution in [0.1, 0.15) is 17.2 Å². The van der Waals surface area contributed by atoms with Gasteiger partial charge in [-0.2, -0.15) is 0 Å². The molecule has 0 saturated carbocycles. The predicted molar refractivity (Wildman–Crippen MR) is 74.0 cm³/mol. The number of nitrogens with zero attached hydrogens (tertiary/aromatic N) is 1. The second kappa shape index (κ2) is 5.41. The monoisotopic (exact) mass is 324 g/mol. The molecule has 2 N–H and O–H groups in total. The summed E-state index contributed by atoms with van der Waals surface area (Å²) in [7, 11) is 0. The molecule has 3 heteroatoms. The minimum absolute atomic E-state index is 0.0529. The SMILES string of the molecule is NC(Cc1ccncc1)c1cccc(I)c1. The molecule has 1 atom stereocenters. The first-order valence-electron chi connectivity index (χ1n) is 5.15. The fourth-order valence-corrected chi connectivity index (χ4v) is 2.20. The molecule has 0 fully saturated rings. The first-order valence-corrected chi connectivity index (χ1v) is 6.23. The molecule has 0 bridgehead atoms. The Balaban J connectivity index is 2.12. The second-order valence-corrected chi connectivity index (χ2v) is 4.97. The van der Waals surface area contributed by atoms with Crippen molar-refractivity contribution in [2.24, 2.45) is 5.73 Å². The number of halogens is 1. The molecular formula is C13H13IN2. The third-order valence-electron chi connectivity index (χ3n) is 2.48. The molecule has 82 valence electrons. The molecule has 1 aromatic carbocycles. The van der Waals surface area contributed by atoms with Gasteiger partial charge in [-0.15, -0.1) is 0 Å². The fraction of sp³-hybridized carbons (Fsp3) is 0.154. The van der Waals surface area contributed by atoms with Crippen LogP contribution in [0, 0.1) is 3.57 Å². The molecule has 1 aromatic heterocycles. The zero-order valence-corrected chi connectivity index (χ0v) is 11.0. The van der Waals surface area contributed by atoms with E-state index in [4.69, 9.17) is 5.73 Å². The molecule has 16 heavy (non-hydrogen) atoms. The van der Waals surface area contributed by atoms with Crippen molar-refractivity contribution >= 4 is 22.6 Å². The maximum absolute atomic E-state index is 6.17. The lowest BCUT2D eigenvalue weighted by Gasteiger charge is -2.12. The van der Waals surface area contributed by atoms with Crippen LogP contribution in [0.15, 0.2) is 48.8 Å². The summed E-state index contributed by atoms with van der Waals surface area (Å²) in [6.07, 6.45) is 4.45. The van der Waals surface area contributed by atoms with Crippen molar-refractivity contribution < 1.29 is 0 Å². The summed E-state index contributed by atoms with van der Waals surface area (Å²) in [4.78, 5) is 4.00. The van der Waals surface area contributed by atoms with E-state index < -0.39 is 0 Å². The average molecular weight is 324 g/mol. The van der Waals surface area contributed by atoms with E-state index in [1.54, 1.807) is 12.4 Å². The standard InChI is InChI=1S/C13H13IN2/c14-12-3-1-2-11(9-12)13(15)8-10-4-6-16-7-5-10/h1-7,9,13H,8,15H2. The number of benzene rings is 1. The van der Waals surface area contributed by atoms with Crippen molar-refractivity contribution in [3.05, 3.63) is 63.5 Å². The zero-order valence-electron chi connectivity index (χ0n) is 8.81. The Morgan fingerprint density at radius 2 is 1.94 bits per heavy atom. The van der Waals surface area contributed by atoms with E-state index in [9.17, 15) is 0 Å². The van der Waals surface area contributed by atoms with Crippen LogP contribution in [0.25, 0.3) is 0 Å². The van der Waals surface area contributed by atoms with Crippen molar-refractivity contribution in [3.63, 3.8) is 0 Å². The Morgan fingerprint density at radius 1 is 1.19 bits per heavy atom. The molecule has 0 aliphatic carbocycles. The normalized spacial score (nSPS) is 12.4. The van der Waals surface area contributed by atoms with Gasteiger partial charge in [0.2, 0.25) is 0 Å². The van der Waals surface area contributed by atoms with E-state index in [-0.39, 0.29) is 6.04 Å². The summed E-state index contributed by atoms with van der Waals surface area (Å²) in [6.45, 7) is 0. The number of aromatic nitrogens is 1. The number of nitrogens with two attached hydrogens (primary N) is 1. The fourth-order valence-electron chi connectivity index (χ4n) is 1.63. The summed E-state index contributed by atoms with van der Waals surface area (Å²) >= 11 is 2.30. The van der Waals surface area contributed by atoms with Crippen molar-refractivity contribution in [3.8, 4) is 0 Å². The lowest BCUT2D eigenvalue weighted by atomic mass is 10.0. The van der Waals surface area contributed by atoms with Gasteiger partial charge in [0, 0.05) is 22.0 Å². The molecule has 2 nitrogen and oxygen atoms in total. The van der Waals surface area contributed by atoms with Gasteiger partial charge in [-0.25, -0.2) is 0 Å². The minimum atomic E-state index is 0.0529. The average Bonchev–Trinajstić information content (AvgIpc) is 2.30. The Hall–Kier alpha value is -0.940. The smallest absolute Gasteiger partial charge is 0.0336 e.